The molecule has 8 nitrogen and oxygen atoms in total. The zero-order valence-electron chi connectivity index (χ0n) is 11.6. The molecule has 2 aromatic heterocycles. The fourth-order valence-electron chi connectivity index (χ4n) is 1.69. The highest BCUT2D eigenvalue weighted by atomic mass is 32.2. The molecule has 0 unspecified atom stereocenters. The van der Waals surface area contributed by atoms with Crippen molar-refractivity contribution in [1.82, 2.24) is 24.6 Å². The first-order valence-electron chi connectivity index (χ1n) is 6.31. The van der Waals surface area contributed by atoms with Crippen LogP contribution in [0, 0.1) is 6.92 Å². The quantitative estimate of drug-likeness (QED) is 0.854. The summed E-state index contributed by atoms with van der Waals surface area (Å²) >= 11 is 0. The lowest BCUT2D eigenvalue weighted by Crippen LogP contribution is -2.28. The number of nitrogens with one attached hydrogen (secondary N) is 1. The van der Waals surface area contributed by atoms with Crippen molar-refractivity contribution in [2.24, 2.45) is 0 Å². The maximum absolute atomic E-state index is 12.3. The van der Waals surface area contributed by atoms with Gasteiger partial charge < -0.3 is 4.52 Å². The minimum Gasteiger partial charge on any atom is -0.340 e. The monoisotopic (exact) mass is 299 g/mol. The summed E-state index contributed by atoms with van der Waals surface area (Å²) in [5.74, 6) is 0.730. The van der Waals surface area contributed by atoms with E-state index in [4.69, 9.17) is 4.52 Å². The molecule has 0 amide bonds. The second-order valence-electron chi connectivity index (χ2n) is 4.29. The topological polar surface area (TPSA) is 103 Å². The SMILES string of the molecule is CC[C@H](NS(=O)(=O)c1cnn(CC)c1)c1noc(C)n1. The van der Waals surface area contributed by atoms with Crippen LogP contribution in [0.3, 0.4) is 0 Å². The van der Waals surface area contributed by atoms with Crippen LogP contribution in [0.25, 0.3) is 0 Å². The first-order valence-corrected chi connectivity index (χ1v) is 7.79. The molecule has 0 aromatic carbocycles. The zero-order valence-corrected chi connectivity index (χ0v) is 12.4. The molecule has 0 bridgehead atoms. The van der Waals surface area contributed by atoms with Gasteiger partial charge in [0.2, 0.25) is 15.9 Å². The van der Waals surface area contributed by atoms with E-state index >= 15 is 0 Å². The number of hydrogen-bond acceptors (Lipinski definition) is 6. The molecular formula is C11H17N5O3S. The second kappa shape index (κ2) is 5.71. The summed E-state index contributed by atoms with van der Waals surface area (Å²) < 4.78 is 33.5. The molecule has 1 atom stereocenters. The summed E-state index contributed by atoms with van der Waals surface area (Å²) in [7, 11) is -3.65. The molecule has 2 aromatic rings. The van der Waals surface area contributed by atoms with Crippen LogP contribution in [-0.4, -0.2) is 28.3 Å². The lowest BCUT2D eigenvalue weighted by Gasteiger charge is -2.12. The van der Waals surface area contributed by atoms with Crippen molar-refractivity contribution in [3.05, 3.63) is 24.1 Å². The lowest BCUT2D eigenvalue weighted by atomic mass is 10.2. The van der Waals surface area contributed by atoms with Crippen LogP contribution in [0.15, 0.2) is 21.8 Å². The van der Waals surface area contributed by atoms with Gasteiger partial charge in [0.1, 0.15) is 4.90 Å². The summed E-state index contributed by atoms with van der Waals surface area (Å²) in [6.07, 6.45) is 3.32. The maximum Gasteiger partial charge on any atom is 0.244 e. The molecule has 0 saturated carbocycles. The van der Waals surface area contributed by atoms with Crippen LogP contribution in [0.1, 0.15) is 38.0 Å². The Labute approximate surface area is 117 Å². The summed E-state index contributed by atoms with van der Waals surface area (Å²) in [6, 6.07) is -0.526. The van der Waals surface area contributed by atoms with Gasteiger partial charge in [0, 0.05) is 19.7 Å². The minimum atomic E-state index is -3.65. The fraction of sp³-hybridized carbons (Fsp3) is 0.545. The van der Waals surface area contributed by atoms with Gasteiger partial charge in [-0.1, -0.05) is 12.1 Å². The van der Waals surface area contributed by atoms with Gasteiger partial charge in [-0.15, -0.1) is 0 Å². The average molecular weight is 299 g/mol. The molecule has 0 spiro atoms. The van der Waals surface area contributed by atoms with E-state index in [1.54, 1.807) is 11.6 Å². The van der Waals surface area contributed by atoms with Crippen LogP contribution in [-0.2, 0) is 16.6 Å². The number of rotatable bonds is 6. The second-order valence-corrected chi connectivity index (χ2v) is 6.00. The van der Waals surface area contributed by atoms with Crippen molar-refractivity contribution < 1.29 is 12.9 Å². The molecule has 0 aliphatic carbocycles. The molecule has 1 N–H and O–H groups in total. The van der Waals surface area contributed by atoms with Gasteiger partial charge in [-0.05, 0) is 13.3 Å². The third-order valence-corrected chi connectivity index (χ3v) is 4.23. The Morgan fingerprint density at radius 2 is 2.20 bits per heavy atom. The molecule has 2 heterocycles. The maximum atomic E-state index is 12.3. The molecule has 110 valence electrons. The molecule has 2 rings (SSSR count). The van der Waals surface area contributed by atoms with E-state index in [-0.39, 0.29) is 4.90 Å². The fourth-order valence-corrected chi connectivity index (χ4v) is 2.92. The summed E-state index contributed by atoms with van der Waals surface area (Å²) in [5, 5.41) is 7.71. The van der Waals surface area contributed by atoms with E-state index in [0.717, 1.165) is 0 Å². The van der Waals surface area contributed by atoms with Crippen molar-refractivity contribution in [3.8, 4) is 0 Å². The third-order valence-electron chi connectivity index (χ3n) is 2.80. The standard InChI is InChI=1S/C11H17N5O3S/c1-4-10(11-13-8(3)19-14-11)15-20(17,18)9-6-12-16(5-2)7-9/h6-7,10,15H,4-5H2,1-3H3/t10-/m0/s1. The predicted octanol–water partition coefficient (Wildman–Crippen LogP) is 1.02. The van der Waals surface area contributed by atoms with Gasteiger partial charge in [-0.25, -0.2) is 13.1 Å². The Morgan fingerprint density at radius 3 is 2.70 bits per heavy atom. The van der Waals surface area contributed by atoms with Crippen molar-refractivity contribution in [2.45, 2.75) is 44.7 Å². The molecule has 20 heavy (non-hydrogen) atoms. The highest BCUT2D eigenvalue weighted by molar-refractivity contribution is 7.89. The van der Waals surface area contributed by atoms with E-state index in [1.165, 1.54) is 12.4 Å². The number of hydrogen-bond donors (Lipinski definition) is 1. The first-order chi connectivity index (χ1) is 9.46. The first kappa shape index (κ1) is 14.7. The van der Waals surface area contributed by atoms with Crippen molar-refractivity contribution in [1.29, 1.82) is 0 Å². The highest BCUT2D eigenvalue weighted by Crippen LogP contribution is 2.17. The number of nitrogens with zero attached hydrogens (tertiary/aromatic N) is 4. The van der Waals surface area contributed by atoms with E-state index in [1.807, 2.05) is 13.8 Å². The minimum absolute atomic E-state index is 0.123. The van der Waals surface area contributed by atoms with Crippen molar-refractivity contribution >= 4 is 10.0 Å². The van der Waals surface area contributed by atoms with Crippen molar-refractivity contribution in [2.75, 3.05) is 0 Å². The Morgan fingerprint density at radius 1 is 1.45 bits per heavy atom. The van der Waals surface area contributed by atoms with E-state index in [9.17, 15) is 8.42 Å². The van der Waals surface area contributed by atoms with E-state index < -0.39 is 16.1 Å². The van der Waals surface area contributed by atoms with Gasteiger partial charge in [0.15, 0.2) is 5.82 Å². The number of aryl methyl sites for hydroxylation is 2. The van der Waals surface area contributed by atoms with Gasteiger partial charge >= 0.3 is 0 Å². The van der Waals surface area contributed by atoms with E-state index in [2.05, 4.69) is 20.0 Å². The molecule has 9 heteroatoms. The smallest absolute Gasteiger partial charge is 0.244 e. The predicted molar refractivity (Wildman–Crippen MR) is 70.3 cm³/mol. The summed E-state index contributed by atoms with van der Waals surface area (Å²) in [4.78, 5) is 4.18. The van der Waals surface area contributed by atoms with Crippen LogP contribution < -0.4 is 4.72 Å². The molecule has 0 fully saturated rings. The molecule has 0 radical (unpaired) electrons. The molecular weight excluding hydrogens is 282 g/mol. The molecule has 0 aliphatic rings. The molecule has 0 aliphatic heterocycles. The Bertz CT molecular complexity index is 676. The number of aromatic nitrogens is 4. The highest BCUT2D eigenvalue weighted by Gasteiger charge is 2.24. The van der Waals surface area contributed by atoms with Crippen LogP contribution in [0.5, 0.6) is 0 Å². The third kappa shape index (κ3) is 3.05. The number of sulfonamides is 1. The largest absolute Gasteiger partial charge is 0.340 e. The van der Waals surface area contributed by atoms with Crippen LogP contribution >= 0.6 is 0 Å². The van der Waals surface area contributed by atoms with Gasteiger partial charge in [0.25, 0.3) is 0 Å². The Hall–Kier alpha value is -1.74. The summed E-state index contributed by atoms with van der Waals surface area (Å²) in [6.45, 7) is 5.99. The van der Waals surface area contributed by atoms with Crippen molar-refractivity contribution in [3.63, 3.8) is 0 Å². The summed E-state index contributed by atoms with van der Waals surface area (Å²) in [5.41, 5.74) is 0. The van der Waals surface area contributed by atoms with Gasteiger partial charge in [0.05, 0.1) is 12.2 Å². The Kier molecular flexibility index (Phi) is 4.19. The van der Waals surface area contributed by atoms with Gasteiger partial charge in [-0.3, -0.25) is 4.68 Å². The Balaban J connectivity index is 2.21. The van der Waals surface area contributed by atoms with E-state index in [0.29, 0.717) is 24.7 Å². The van der Waals surface area contributed by atoms with Crippen LogP contribution in [0.2, 0.25) is 0 Å². The normalized spacial score (nSPS) is 13.6. The van der Waals surface area contributed by atoms with Gasteiger partial charge in [-0.2, -0.15) is 10.1 Å². The zero-order chi connectivity index (χ0) is 14.8. The molecule has 0 saturated heterocycles. The average Bonchev–Trinajstić information content (AvgIpc) is 3.04. The van der Waals surface area contributed by atoms with Crippen LogP contribution in [0.4, 0.5) is 0 Å². The lowest BCUT2D eigenvalue weighted by molar-refractivity contribution is 0.380.